The molecule has 0 aliphatic rings. The van der Waals surface area contributed by atoms with E-state index in [0.29, 0.717) is 5.69 Å². The highest BCUT2D eigenvalue weighted by atomic mass is 32.2. The molecule has 5 nitrogen and oxygen atoms in total. The van der Waals surface area contributed by atoms with Crippen LogP contribution in [0.2, 0.25) is 0 Å². The van der Waals surface area contributed by atoms with Crippen LogP contribution in [0.1, 0.15) is 17.1 Å². The van der Waals surface area contributed by atoms with Crippen molar-refractivity contribution in [2.75, 3.05) is 0 Å². The summed E-state index contributed by atoms with van der Waals surface area (Å²) < 4.78 is 1.94. The van der Waals surface area contributed by atoms with Crippen molar-refractivity contribution in [1.29, 1.82) is 5.26 Å². The summed E-state index contributed by atoms with van der Waals surface area (Å²) in [7, 11) is 1.94. The van der Waals surface area contributed by atoms with Gasteiger partial charge in [0.2, 0.25) is 0 Å². The monoisotopic (exact) mass is 245 g/mol. The van der Waals surface area contributed by atoms with Crippen LogP contribution in [0.15, 0.2) is 23.5 Å². The Kier molecular flexibility index (Phi) is 3.40. The van der Waals surface area contributed by atoms with E-state index >= 15 is 0 Å². The van der Waals surface area contributed by atoms with Gasteiger partial charge in [-0.15, -0.1) is 10.2 Å². The zero-order chi connectivity index (χ0) is 12.3. The first kappa shape index (κ1) is 11.6. The Morgan fingerprint density at radius 2 is 2.29 bits per heavy atom. The molecule has 0 aromatic carbocycles. The van der Waals surface area contributed by atoms with Gasteiger partial charge in [0.05, 0.1) is 0 Å². The topological polar surface area (TPSA) is 67.4 Å². The van der Waals surface area contributed by atoms with Crippen molar-refractivity contribution in [1.82, 2.24) is 19.7 Å². The van der Waals surface area contributed by atoms with E-state index in [1.54, 1.807) is 24.0 Å². The lowest BCUT2D eigenvalue weighted by Gasteiger charge is -2.01. The number of nitriles is 1. The van der Waals surface area contributed by atoms with Crippen molar-refractivity contribution in [3.8, 4) is 6.07 Å². The van der Waals surface area contributed by atoms with E-state index in [4.69, 9.17) is 5.26 Å². The Hall–Kier alpha value is -1.87. The van der Waals surface area contributed by atoms with Crippen LogP contribution in [0.5, 0.6) is 0 Å². The zero-order valence-electron chi connectivity index (χ0n) is 9.58. The molecule has 0 N–H and O–H groups in total. The van der Waals surface area contributed by atoms with Gasteiger partial charge in [-0.1, -0.05) is 11.8 Å². The molecule has 2 heterocycles. The van der Waals surface area contributed by atoms with E-state index in [0.717, 1.165) is 22.3 Å². The standard InChI is InChI=1S/C11H11N5S/c1-8-14-15-11(16(8)2)17-7-9-3-4-13-10(5-9)6-12/h3-5H,7H2,1-2H3. The Morgan fingerprint density at radius 3 is 2.94 bits per heavy atom. The summed E-state index contributed by atoms with van der Waals surface area (Å²) >= 11 is 1.59. The lowest BCUT2D eigenvalue weighted by Crippen LogP contribution is -1.94. The fraction of sp³-hybridized carbons (Fsp3) is 0.273. The van der Waals surface area contributed by atoms with E-state index in [1.807, 2.05) is 30.7 Å². The molecule has 0 saturated heterocycles. The lowest BCUT2D eigenvalue weighted by molar-refractivity contribution is 0.765. The van der Waals surface area contributed by atoms with Crippen LogP contribution in [-0.4, -0.2) is 19.7 Å². The first-order valence-electron chi connectivity index (χ1n) is 5.04. The Balaban J connectivity index is 2.07. The minimum absolute atomic E-state index is 0.442. The molecule has 0 spiro atoms. The summed E-state index contributed by atoms with van der Waals surface area (Å²) in [6, 6.07) is 5.72. The number of aromatic nitrogens is 4. The quantitative estimate of drug-likeness (QED) is 0.770. The Bertz CT molecular complexity index is 569. The first-order chi connectivity index (χ1) is 8.20. The van der Waals surface area contributed by atoms with Gasteiger partial charge in [-0.25, -0.2) is 4.98 Å². The third-order valence-corrected chi connectivity index (χ3v) is 3.45. The molecule has 0 fully saturated rings. The normalized spacial score (nSPS) is 10.2. The molecular formula is C11H11N5S. The maximum Gasteiger partial charge on any atom is 0.191 e. The molecular weight excluding hydrogens is 234 g/mol. The second-order valence-electron chi connectivity index (χ2n) is 3.54. The molecule has 0 aliphatic heterocycles. The third kappa shape index (κ3) is 2.63. The van der Waals surface area contributed by atoms with Crippen molar-refractivity contribution < 1.29 is 0 Å². The largest absolute Gasteiger partial charge is 0.309 e. The van der Waals surface area contributed by atoms with Gasteiger partial charge in [0.15, 0.2) is 5.16 Å². The van der Waals surface area contributed by atoms with Crippen LogP contribution in [-0.2, 0) is 12.8 Å². The molecule has 2 aromatic heterocycles. The van der Waals surface area contributed by atoms with Gasteiger partial charge in [0.1, 0.15) is 17.6 Å². The van der Waals surface area contributed by atoms with E-state index < -0.39 is 0 Å². The van der Waals surface area contributed by atoms with Crippen LogP contribution in [0.4, 0.5) is 0 Å². The fourth-order valence-corrected chi connectivity index (χ4v) is 2.19. The fourth-order valence-electron chi connectivity index (χ4n) is 1.29. The van der Waals surface area contributed by atoms with Crippen LogP contribution in [0.3, 0.4) is 0 Å². The maximum atomic E-state index is 8.75. The Morgan fingerprint density at radius 1 is 1.47 bits per heavy atom. The van der Waals surface area contributed by atoms with Crippen LogP contribution < -0.4 is 0 Å². The molecule has 0 aliphatic carbocycles. The zero-order valence-corrected chi connectivity index (χ0v) is 10.4. The average Bonchev–Trinajstić information content (AvgIpc) is 2.68. The van der Waals surface area contributed by atoms with Gasteiger partial charge < -0.3 is 4.57 Å². The first-order valence-corrected chi connectivity index (χ1v) is 6.03. The highest BCUT2D eigenvalue weighted by Gasteiger charge is 2.06. The van der Waals surface area contributed by atoms with Crippen LogP contribution >= 0.6 is 11.8 Å². The minimum atomic E-state index is 0.442. The van der Waals surface area contributed by atoms with Crippen molar-refractivity contribution in [3.05, 3.63) is 35.4 Å². The molecule has 0 radical (unpaired) electrons. The predicted octanol–water partition coefficient (Wildman–Crippen LogP) is 1.68. The van der Waals surface area contributed by atoms with Gasteiger partial charge in [-0.05, 0) is 24.6 Å². The van der Waals surface area contributed by atoms with E-state index in [1.165, 1.54) is 0 Å². The molecule has 0 unspecified atom stereocenters. The van der Waals surface area contributed by atoms with Gasteiger partial charge in [0, 0.05) is 19.0 Å². The Labute approximate surface area is 104 Å². The predicted molar refractivity (Wildman–Crippen MR) is 64.3 cm³/mol. The van der Waals surface area contributed by atoms with Crippen molar-refractivity contribution in [3.63, 3.8) is 0 Å². The minimum Gasteiger partial charge on any atom is -0.309 e. The summed E-state index contributed by atoms with van der Waals surface area (Å²) in [5.74, 6) is 1.64. The summed E-state index contributed by atoms with van der Waals surface area (Å²) in [6.45, 7) is 1.91. The molecule has 0 bridgehead atoms. The second-order valence-corrected chi connectivity index (χ2v) is 4.48. The molecule has 17 heavy (non-hydrogen) atoms. The maximum absolute atomic E-state index is 8.75. The number of aryl methyl sites for hydroxylation is 1. The van der Waals surface area contributed by atoms with E-state index in [2.05, 4.69) is 15.2 Å². The molecule has 0 atom stereocenters. The number of thioether (sulfide) groups is 1. The van der Waals surface area contributed by atoms with Crippen molar-refractivity contribution >= 4 is 11.8 Å². The number of nitrogens with zero attached hydrogens (tertiary/aromatic N) is 5. The van der Waals surface area contributed by atoms with Crippen LogP contribution in [0.25, 0.3) is 0 Å². The molecule has 2 aromatic rings. The smallest absolute Gasteiger partial charge is 0.191 e. The lowest BCUT2D eigenvalue weighted by atomic mass is 10.2. The van der Waals surface area contributed by atoms with Gasteiger partial charge in [0.25, 0.3) is 0 Å². The summed E-state index contributed by atoms with van der Waals surface area (Å²) in [6.07, 6.45) is 1.65. The number of hydrogen-bond donors (Lipinski definition) is 0. The second kappa shape index (κ2) is 4.97. The number of rotatable bonds is 3. The molecule has 86 valence electrons. The average molecular weight is 245 g/mol. The van der Waals surface area contributed by atoms with Crippen LogP contribution in [0, 0.1) is 18.3 Å². The number of pyridine rings is 1. The molecule has 0 amide bonds. The summed E-state index contributed by atoms with van der Waals surface area (Å²) in [5.41, 5.74) is 1.50. The van der Waals surface area contributed by atoms with Gasteiger partial charge in [-0.3, -0.25) is 0 Å². The summed E-state index contributed by atoms with van der Waals surface area (Å²) in [4.78, 5) is 3.93. The van der Waals surface area contributed by atoms with Crippen molar-refractivity contribution in [2.45, 2.75) is 17.8 Å². The van der Waals surface area contributed by atoms with E-state index in [-0.39, 0.29) is 0 Å². The highest BCUT2D eigenvalue weighted by Crippen LogP contribution is 2.20. The van der Waals surface area contributed by atoms with Crippen molar-refractivity contribution in [2.24, 2.45) is 7.05 Å². The number of hydrogen-bond acceptors (Lipinski definition) is 5. The highest BCUT2D eigenvalue weighted by molar-refractivity contribution is 7.98. The van der Waals surface area contributed by atoms with E-state index in [9.17, 15) is 0 Å². The molecule has 6 heteroatoms. The van der Waals surface area contributed by atoms with Gasteiger partial charge in [-0.2, -0.15) is 5.26 Å². The molecule has 0 saturated carbocycles. The van der Waals surface area contributed by atoms with Gasteiger partial charge >= 0.3 is 0 Å². The summed E-state index contributed by atoms with van der Waals surface area (Å²) in [5, 5.41) is 17.7. The molecule has 2 rings (SSSR count). The SMILES string of the molecule is Cc1nnc(SCc2ccnc(C#N)c2)n1C. The third-order valence-electron chi connectivity index (χ3n) is 2.36.